The SMILES string of the molecule is CCOC(=O)CCC(N)Cc1ccc(O)c(OC)c1. The normalized spacial score (nSPS) is 11.9. The molecule has 5 nitrogen and oxygen atoms in total. The lowest BCUT2D eigenvalue weighted by molar-refractivity contribution is -0.143. The van der Waals surface area contributed by atoms with Gasteiger partial charge in [-0.2, -0.15) is 0 Å². The number of carbonyl (C=O) groups excluding carboxylic acids is 1. The molecule has 106 valence electrons. The Hall–Kier alpha value is -1.75. The minimum atomic E-state index is -0.221. The van der Waals surface area contributed by atoms with E-state index in [9.17, 15) is 9.90 Å². The van der Waals surface area contributed by atoms with Crippen molar-refractivity contribution in [1.29, 1.82) is 0 Å². The van der Waals surface area contributed by atoms with Crippen molar-refractivity contribution in [3.05, 3.63) is 23.8 Å². The molecule has 1 atom stereocenters. The Labute approximate surface area is 113 Å². The van der Waals surface area contributed by atoms with Crippen LogP contribution in [0.25, 0.3) is 0 Å². The second kappa shape index (κ2) is 7.63. The van der Waals surface area contributed by atoms with Crippen LogP contribution in [0.1, 0.15) is 25.3 Å². The molecule has 1 aromatic carbocycles. The van der Waals surface area contributed by atoms with Gasteiger partial charge in [0.25, 0.3) is 0 Å². The van der Waals surface area contributed by atoms with Gasteiger partial charge in [0, 0.05) is 12.5 Å². The number of phenolic OH excluding ortho intramolecular Hbond substituents is 1. The van der Waals surface area contributed by atoms with Gasteiger partial charge < -0.3 is 20.3 Å². The van der Waals surface area contributed by atoms with Crippen molar-refractivity contribution in [2.75, 3.05) is 13.7 Å². The number of aromatic hydroxyl groups is 1. The van der Waals surface area contributed by atoms with Crippen LogP contribution in [-0.2, 0) is 16.0 Å². The third kappa shape index (κ3) is 5.18. The van der Waals surface area contributed by atoms with Crippen LogP contribution in [0.15, 0.2) is 18.2 Å². The van der Waals surface area contributed by atoms with Crippen LogP contribution in [0.3, 0.4) is 0 Å². The predicted molar refractivity (Wildman–Crippen MR) is 72.2 cm³/mol. The number of ether oxygens (including phenoxy) is 2. The minimum Gasteiger partial charge on any atom is -0.504 e. The second-order valence-corrected chi connectivity index (χ2v) is 4.31. The van der Waals surface area contributed by atoms with Gasteiger partial charge in [-0.25, -0.2) is 0 Å². The van der Waals surface area contributed by atoms with Crippen LogP contribution in [0.4, 0.5) is 0 Å². The highest BCUT2D eigenvalue weighted by Gasteiger charge is 2.10. The number of rotatable bonds is 7. The number of nitrogens with two attached hydrogens (primary N) is 1. The third-order valence-electron chi connectivity index (χ3n) is 2.77. The molecule has 1 aromatic rings. The van der Waals surface area contributed by atoms with E-state index >= 15 is 0 Å². The Kier molecular flexibility index (Phi) is 6.15. The summed E-state index contributed by atoms with van der Waals surface area (Å²) >= 11 is 0. The highest BCUT2D eigenvalue weighted by Crippen LogP contribution is 2.26. The van der Waals surface area contributed by atoms with Crippen molar-refractivity contribution < 1.29 is 19.4 Å². The highest BCUT2D eigenvalue weighted by atomic mass is 16.5. The first-order valence-corrected chi connectivity index (χ1v) is 6.33. The van der Waals surface area contributed by atoms with Crippen LogP contribution in [0.5, 0.6) is 11.5 Å². The molecule has 0 saturated heterocycles. The van der Waals surface area contributed by atoms with E-state index in [0.29, 0.717) is 31.6 Å². The number of esters is 1. The maximum absolute atomic E-state index is 11.2. The van der Waals surface area contributed by atoms with E-state index in [4.69, 9.17) is 15.2 Å². The molecule has 0 aliphatic carbocycles. The number of hydrogen-bond donors (Lipinski definition) is 2. The largest absolute Gasteiger partial charge is 0.504 e. The standard InChI is InChI=1S/C14H21NO4/c1-3-19-14(17)7-5-11(15)8-10-4-6-12(16)13(9-10)18-2/h4,6,9,11,16H,3,5,7-8,15H2,1-2H3. The summed E-state index contributed by atoms with van der Waals surface area (Å²) in [7, 11) is 1.50. The Bertz CT molecular complexity index is 420. The second-order valence-electron chi connectivity index (χ2n) is 4.31. The zero-order valence-corrected chi connectivity index (χ0v) is 11.4. The van der Waals surface area contributed by atoms with E-state index in [1.165, 1.54) is 7.11 Å². The number of carbonyl (C=O) groups is 1. The molecule has 0 aliphatic heterocycles. The van der Waals surface area contributed by atoms with E-state index in [1.807, 2.05) is 0 Å². The van der Waals surface area contributed by atoms with Crippen LogP contribution >= 0.6 is 0 Å². The van der Waals surface area contributed by atoms with E-state index in [2.05, 4.69) is 0 Å². The topological polar surface area (TPSA) is 81.8 Å². The molecule has 0 bridgehead atoms. The average Bonchev–Trinajstić information content (AvgIpc) is 2.39. The van der Waals surface area contributed by atoms with Crippen molar-refractivity contribution in [2.24, 2.45) is 5.73 Å². The lowest BCUT2D eigenvalue weighted by Crippen LogP contribution is -2.24. The average molecular weight is 267 g/mol. The molecule has 0 aromatic heterocycles. The van der Waals surface area contributed by atoms with Crippen molar-refractivity contribution >= 4 is 5.97 Å². The fourth-order valence-corrected chi connectivity index (χ4v) is 1.79. The zero-order valence-electron chi connectivity index (χ0n) is 11.4. The summed E-state index contributed by atoms with van der Waals surface area (Å²) in [5, 5.41) is 9.49. The predicted octanol–water partition coefficient (Wildman–Crippen LogP) is 1.61. The van der Waals surface area contributed by atoms with Crippen molar-refractivity contribution in [3.8, 4) is 11.5 Å². The summed E-state index contributed by atoms with van der Waals surface area (Å²) in [6, 6.07) is 4.99. The molecular formula is C14H21NO4. The van der Waals surface area contributed by atoms with Gasteiger partial charge in [-0.1, -0.05) is 6.07 Å². The van der Waals surface area contributed by atoms with Crippen molar-refractivity contribution in [3.63, 3.8) is 0 Å². The summed E-state index contributed by atoms with van der Waals surface area (Å²) in [6.07, 6.45) is 1.52. The molecule has 0 heterocycles. The molecule has 0 saturated carbocycles. The van der Waals surface area contributed by atoms with Gasteiger partial charge in [-0.3, -0.25) is 4.79 Å². The van der Waals surface area contributed by atoms with Crippen molar-refractivity contribution in [1.82, 2.24) is 0 Å². The zero-order chi connectivity index (χ0) is 14.3. The molecule has 1 rings (SSSR count). The van der Waals surface area contributed by atoms with E-state index < -0.39 is 0 Å². The smallest absolute Gasteiger partial charge is 0.305 e. The Balaban J connectivity index is 2.48. The fourth-order valence-electron chi connectivity index (χ4n) is 1.79. The maximum Gasteiger partial charge on any atom is 0.305 e. The fraction of sp³-hybridized carbons (Fsp3) is 0.500. The number of methoxy groups -OCH3 is 1. The first-order chi connectivity index (χ1) is 9.06. The lowest BCUT2D eigenvalue weighted by Gasteiger charge is -2.12. The first kappa shape index (κ1) is 15.3. The Morgan fingerprint density at radius 3 is 2.84 bits per heavy atom. The van der Waals surface area contributed by atoms with Crippen LogP contribution in [0, 0.1) is 0 Å². The summed E-state index contributed by atoms with van der Waals surface area (Å²) in [5.41, 5.74) is 6.93. The Morgan fingerprint density at radius 1 is 1.47 bits per heavy atom. The summed E-state index contributed by atoms with van der Waals surface area (Å²) in [4.78, 5) is 11.2. The molecule has 0 amide bonds. The van der Waals surface area contributed by atoms with Gasteiger partial charge >= 0.3 is 5.97 Å². The van der Waals surface area contributed by atoms with Gasteiger partial charge in [0.05, 0.1) is 13.7 Å². The molecule has 1 unspecified atom stereocenters. The van der Waals surface area contributed by atoms with E-state index in [1.54, 1.807) is 25.1 Å². The van der Waals surface area contributed by atoms with Gasteiger partial charge in [0.1, 0.15) is 0 Å². The molecular weight excluding hydrogens is 246 g/mol. The lowest BCUT2D eigenvalue weighted by atomic mass is 10.0. The summed E-state index contributed by atoms with van der Waals surface area (Å²) < 4.78 is 9.88. The Morgan fingerprint density at radius 2 is 2.21 bits per heavy atom. The molecule has 5 heteroatoms. The molecule has 3 N–H and O–H groups in total. The van der Waals surface area contributed by atoms with Gasteiger partial charge in [-0.05, 0) is 37.5 Å². The van der Waals surface area contributed by atoms with Gasteiger partial charge in [-0.15, -0.1) is 0 Å². The molecule has 0 aliphatic rings. The summed E-state index contributed by atoms with van der Waals surface area (Å²) in [6.45, 7) is 2.17. The van der Waals surface area contributed by atoms with Gasteiger partial charge in [0.2, 0.25) is 0 Å². The third-order valence-corrected chi connectivity index (χ3v) is 2.77. The molecule has 0 radical (unpaired) electrons. The maximum atomic E-state index is 11.2. The van der Waals surface area contributed by atoms with Gasteiger partial charge in [0.15, 0.2) is 11.5 Å². The number of phenols is 1. The van der Waals surface area contributed by atoms with Crippen molar-refractivity contribution in [2.45, 2.75) is 32.2 Å². The monoisotopic (exact) mass is 267 g/mol. The molecule has 19 heavy (non-hydrogen) atoms. The minimum absolute atomic E-state index is 0.103. The van der Waals surface area contributed by atoms with Crippen LogP contribution in [0.2, 0.25) is 0 Å². The number of hydrogen-bond acceptors (Lipinski definition) is 5. The first-order valence-electron chi connectivity index (χ1n) is 6.33. The quantitative estimate of drug-likeness (QED) is 0.733. The van der Waals surface area contributed by atoms with E-state index in [-0.39, 0.29) is 17.8 Å². The summed E-state index contributed by atoms with van der Waals surface area (Å²) in [5.74, 6) is 0.308. The molecule has 0 fully saturated rings. The number of benzene rings is 1. The van der Waals surface area contributed by atoms with E-state index in [0.717, 1.165) is 5.56 Å². The molecule has 0 spiro atoms. The van der Waals surface area contributed by atoms with Crippen LogP contribution in [-0.4, -0.2) is 30.8 Å². The van der Waals surface area contributed by atoms with Crippen LogP contribution < -0.4 is 10.5 Å². The highest BCUT2D eigenvalue weighted by molar-refractivity contribution is 5.69.